The van der Waals surface area contributed by atoms with E-state index in [1.807, 2.05) is 6.07 Å². The molecule has 1 aromatic rings. The van der Waals surface area contributed by atoms with Crippen molar-refractivity contribution in [2.45, 2.75) is 19.8 Å². The SMILES string of the molecule is Cc1cc(CC#N)nc(C#N)c1C(F)F. The minimum atomic E-state index is -2.72. The summed E-state index contributed by atoms with van der Waals surface area (Å²) in [5, 5.41) is 17.1. The molecule has 15 heavy (non-hydrogen) atoms. The van der Waals surface area contributed by atoms with Crippen LogP contribution in [0.2, 0.25) is 0 Å². The fourth-order valence-corrected chi connectivity index (χ4v) is 1.28. The molecular weight excluding hydrogens is 200 g/mol. The number of aryl methyl sites for hydroxylation is 1. The summed E-state index contributed by atoms with van der Waals surface area (Å²) in [6, 6.07) is 4.88. The molecular formula is C10H7F2N3. The van der Waals surface area contributed by atoms with Crippen molar-refractivity contribution >= 4 is 0 Å². The van der Waals surface area contributed by atoms with Crippen LogP contribution >= 0.6 is 0 Å². The van der Waals surface area contributed by atoms with Gasteiger partial charge in [0.15, 0.2) is 0 Å². The number of aromatic nitrogens is 1. The Labute approximate surface area is 85.6 Å². The van der Waals surface area contributed by atoms with E-state index in [0.717, 1.165) is 0 Å². The Hall–Kier alpha value is -2.01. The topological polar surface area (TPSA) is 60.5 Å². The lowest BCUT2D eigenvalue weighted by Gasteiger charge is -2.07. The van der Waals surface area contributed by atoms with E-state index in [0.29, 0.717) is 11.3 Å². The van der Waals surface area contributed by atoms with Crippen molar-refractivity contribution in [3.8, 4) is 12.1 Å². The highest BCUT2D eigenvalue weighted by Gasteiger charge is 2.18. The molecule has 0 bridgehead atoms. The molecule has 1 rings (SSSR count). The Balaban J connectivity index is 3.34. The second-order valence-electron chi connectivity index (χ2n) is 2.94. The van der Waals surface area contributed by atoms with Gasteiger partial charge in [0, 0.05) is 0 Å². The monoisotopic (exact) mass is 207 g/mol. The molecule has 0 saturated carbocycles. The molecule has 0 spiro atoms. The van der Waals surface area contributed by atoms with Gasteiger partial charge in [-0.25, -0.2) is 13.8 Å². The summed E-state index contributed by atoms with van der Waals surface area (Å²) in [7, 11) is 0. The molecule has 1 heterocycles. The molecule has 0 saturated heterocycles. The normalized spacial score (nSPS) is 9.73. The zero-order chi connectivity index (χ0) is 11.4. The number of nitrogens with zero attached hydrogens (tertiary/aromatic N) is 3. The zero-order valence-corrected chi connectivity index (χ0v) is 7.96. The van der Waals surface area contributed by atoms with Crippen molar-refractivity contribution in [2.75, 3.05) is 0 Å². The lowest BCUT2D eigenvalue weighted by molar-refractivity contribution is 0.149. The average molecular weight is 207 g/mol. The summed E-state index contributed by atoms with van der Waals surface area (Å²) in [4.78, 5) is 3.70. The molecule has 0 radical (unpaired) electrons. The average Bonchev–Trinajstić information content (AvgIpc) is 2.16. The Morgan fingerprint density at radius 2 is 2.13 bits per heavy atom. The van der Waals surface area contributed by atoms with Crippen LogP contribution in [0.25, 0.3) is 0 Å². The predicted octanol–water partition coefficient (Wildman–Crippen LogP) is 2.27. The maximum Gasteiger partial charge on any atom is 0.266 e. The fourth-order valence-electron chi connectivity index (χ4n) is 1.28. The van der Waals surface area contributed by atoms with E-state index in [-0.39, 0.29) is 17.7 Å². The van der Waals surface area contributed by atoms with Gasteiger partial charge >= 0.3 is 0 Å². The third-order valence-corrected chi connectivity index (χ3v) is 1.90. The van der Waals surface area contributed by atoms with Gasteiger partial charge in [0.1, 0.15) is 11.8 Å². The maximum atomic E-state index is 12.5. The molecule has 0 amide bonds. The van der Waals surface area contributed by atoms with Crippen LogP contribution in [0.4, 0.5) is 8.78 Å². The van der Waals surface area contributed by atoms with Crippen LogP contribution in [0.3, 0.4) is 0 Å². The van der Waals surface area contributed by atoms with Crippen molar-refractivity contribution in [1.82, 2.24) is 4.98 Å². The highest BCUT2D eigenvalue weighted by Crippen LogP contribution is 2.25. The van der Waals surface area contributed by atoms with Gasteiger partial charge in [0.2, 0.25) is 0 Å². The molecule has 1 aromatic heterocycles. The van der Waals surface area contributed by atoms with Gasteiger partial charge < -0.3 is 0 Å². The first kappa shape index (κ1) is 11.1. The van der Waals surface area contributed by atoms with Crippen LogP contribution < -0.4 is 0 Å². The van der Waals surface area contributed by atoms with Crippen molar-refractivity contribution in [3.05, 3.63) is 28.6 Å². The Kier molecular flexibility index (Phi) is 3.30. The van der Waals surface area contributed by atoms with Gasteiger partial charge in [-0.1, -0.05) is 0 Å². The largest absolute Gasteiger partial charge is 0.266 e. The molecule has 0 aliphatic carbocycles. The molecule has 5 heteroatoms. The lowest BCUT2D eigenvalue weighted by Crippen LogP contribution is -2.02. The highest BCUT2D eigenvalue weighted by atomic mass is 19.3. The number of alkyl halides is 2. The van der Waals surface area contributed by atoms with Gasteiger partial charge in [0.25, 0.3) is 6.43 Å². The van der Waals surface area contributed by atoms with E-state index in [9.17, 15) is 8.78 Å². The van der Waals surface area contributed by atoms with E-state index in [1.165, 1.54) is 13.0 Å². The van der Waals surface area contributed by atoms with E-state index in [4.69, 9.17) is 10.5 Å². The van der Waals surface area contributed by atoms with Gasteiger partial charge in [-0.05, 0) is 18.6 Å². The fraction of sp³-hybridized carbons (Fsp3) is 0.300. The first-order valence-electron chi connectivity index (χ1n) is 4.15. The number of hydrogen-bond acceptors (Lipinski definition) is 3. The van der Waals surface area contributed by atoms with E-state index in [2.05, 4.69) is 4.98 Å². The molecule has 0 fully saturated rings. The summed E-state index contributed by atoms with van der Waals surface area (Å²) < 4.78 is 25.1. The van der Waals surface area contributed by atoms with Gasteiger partial charge in [0.05, 0.1) is 23.7 Å². The first-order chi connectivity index (χ1) is 7.10. The summed E-state index contributed by atoms with van der Waals surface area (Å²) in [5.74, 6) is 0. The number of rotatable bonds is 2. The minimum absolute atomic E-state index is 0.0129. The van der Waals surface area contributed by atoms with Crippen molar-refractivity contribution in [2.24, 2.45) is 0 Å². The molecule has 0 aromatic carbocycles. The van der Waals surface area contributed by atoms with Crippen LogP contribution in [-0.4, -0.2) is 4.98 Å². The van der Waals surface area contributed by atoms with E-state index >= 15 is 0 Å². The quantitative estimate of drug-likeness (QED) is 0.747. The standard InChI is InChI=1S/C10H7F2N3/c1-6-4-7(2-3-13)15-8(5-14)9(6)10(11)12/h4,10H,2H2,1H3. The Morgan fingerprint density at radius 1 is 1.47 bits per heavy atom. The maximum absolute atomic E-state index is 12.5. The second-order valence-corrected chi connectivity index (χ2v) is 2.94. The van der Waals surface area contributed by atoms with Gasteiger partial charge in [-0.15, -0.1) is 0 Å². The smallest absolute Gasteiger partial charge is 0.241 e. The zero-order valence-electron chi connectivity index (χ0n) is 7.96. The van der Waals surface area contributed by atoms with Crippen LogP contribution in [-0.2, 0) is 6.42 Å². The summed E-state index contributed by atoms with van der Waals surface area (Å²) in [6.45, 7) is 1.48. The lowest BCUT2D eigenvalue weighted by atomic mass is 10.1. The molecule has 0 unspecified atom stereocenters. The third kappa shape index (κ3) is 2.26. The first-order valence-corrected chi connectivity index (χ1v) is 4.15. The number of nitriles is 2. The molecule has 0 aliphatic heterocycles. The van der Waals surface area contributed by atoms with Crippen molar-refractivity contribution in [1.29, 1.82) is 10.5 Å². The minimum Gasteiger partial charge on any atom is -0.241 e. The molecule has 0 N–H and O–H groups in total. The van der Waals surface area contributed by atoms with E-state index < -0.39 is 6.43 Å². The number of pyridine rings is 1. The number of hydrogen-bond donors (Lipinski definition) is 0. The molecule has 0 aliphatic rings. The van der Waals surface area contributed by atoms with Crippen LogP contribution in [0.15, 0.2) is 6.07 Å². The summed E-state index contributed by atoms with van der Waals surface area (Å²) in [5.41, 5.74) is -0.00723. The van der Waals surface area contributed by atoms with Gasteiger partial charge in [-0.3, -0.25) is 0 Å². The third-order valence-electron chi connectivity index (χ3n) is 1.90. The highest BCUT2D eigenvalue weighted by molar-refractivity contribution is 5.40. The molecule has 0 atom stereocenters. The van der Waals surface area contributed by atoms with Crippen LogP contribution in [0, 0.1) is 29.6 Å². The van der Waals surface area contributed by atoms with Crippen molar-refractivity contribution in [3.63, 3.8) is 0 Å². The predicted molar refractivity (Wildman–Crippen MR) is 48.0 cm³/mol. The van der Waals surface area contributed by atoms with Crippen LogP contribution in [0.1, 0.15) is 28.9 Å². The summed E-state index contributed by atoms with van der Waals surface area (Å²) >= 11 is 0. The van der Waals surface area contributed by atoms with Crippen molar-refractivity contribution < 1.29 is 8.78 Å². The van der Waals surface area contributed by atoms with Crippen LogP contribution in [0.5, 0.6) is 0 Å². The van der Waals surface area contributed by atoms with Gasteiger partial charge in [-0.2, -0.15) is 10.5 Å². The Morgan fingerprint density at radius 3 is 2.60 bits per heavy atom. The molecule has 76 valence electrons. The molecule has 3 nitrogen and oxygen atoms in total. The number of halogens is 2. The Bertz CT molecular complexity index is 455. The summed E-state index contributed by atoms with van der Waals surface area (Å²) in [6.07, 6.45) is -2.71. The van der Waals surface area contributed by atoms with E-state index in [1.54, 1.807) is 6.07 Å². The second kappa shape index (κ2) is 4.47.